The van der Waals surface area contributed by atoms with Crippen LogP contribution < -0.4 is 0 Å². The molecule has 15 heavy (non-hydrogen) atoms. The minimum Gasteiger partial charge on any atom is -0.368 e. The molecule has 1 heteroatoms. The second kappa shape index (κ2) is 4.98. The van der Waals surface area contributed by atoms with E-state index >= 15 is 0 Å². The first-order valence-electron chi connectivity index (χ1n) is 5.93. The largest absolute Gasteiger partial charge is 0.368 e. The van der Waals surface area contributed by atoms with Crippen LogP contribution in [0.25, 0.3) is 0 Å². The fourth-order valence-corrected chi connectivity index (χ4v) is 1.87. The summed E-state index contributed by atoms with van der Waals surface area (Å²) < 4.78 is 6.05. The Labute approximate surface area is 94.2 Å². The summed E-state index contributed by atoms with van der Waals surface area (Å²) in [4.78, 5) is 0. The van der Waals surface area contributed by atoms with E-state index in [1.807, 2.05) is 0 Å². The number of hydrogen-bond donors (Lipinski definition) is 0. The molecule has 1 heterocycles. The van der Waals surface area contributed by atoms with Gasteiger partial charge in [0, 0.05) is 5.92 Å². The molecule has 3 atom stereocenters. The summed E-state index contributed by atoms with van der Waals surface area (Å²) in [7, 11) is 0. The van der Waals surface area contributed by atoms with Crippen molar-refractivity contribution in [2.24, 2.45) is 5.92 Å². The van der Waals surface area contributed by atoms with Gasteiger partial charge >= 0.3 is 0 Å². The highest BCUT2D eigenvalue weighted by Crippen LogP contribution is 2.29. The van der Waals surface area contributed by atoms with Crippen molar-refractivity contribution in [3.8, 4) is 0 Å². The van der Waals surface area contributed by atoms with Crippen LogP contribution in [0.3, 0.4) is 0 Å². The van der Waals surface area contributed by atoms with Gasteiger partial charge in [0.15, 0.2) is 0 Å². The summed E-state index contributed by atoms with van der Waals surface area (Å²) in [6.45, 7) is 10.8. The summed E-state index contributed by atoms with van der Waals surface area (Å²) in [6, 6.07) is 0. The van der Waals surface area contributed by atoms with Crippen LogP contribution in [0.15, 0.2) is 23.8 Å². The van der Waals surface area contributed by atoms with Gasteiger partial charge in [-0.2, -0.15) is 0 Å². The molecule has 0 aliphatic carbocycles. The molecule has 0 aromatic carbocycles. The van der Waals surface area contributed by atoms with Crippen molar-refractivity contribution in [3.63, 3.8) is 0 Å². The van der Waals surface area contributed by atoms with Crippen LogP contribution >= 0.6 is 0 Å². The maximum atomic E-state index is 6.05. The molecule has 1 aliphatic heterocycles. The van der Waals surface area contributed by atoms with Crippen LogP contribution in [-0.2, 0) is 4.74 Å². The van der Waals surface area contributed by atoms with Gasteiger partial charge in [-0.15, -0.1) is 0 Å². The van der Waals surface area contributed by atoms with E-state index in [-0.39, 0.29) is 5.60 Å². The third kappa shape index (κ3) is 3.83. The van der Waals surface area contributed by atoms with Crippen LogP contribution in [0.1, 0.15) is 47.5 Å². The van der Waals surface area contributed by atoms with E-state index in [4.69, 9.17) is 4.74 Å². The molecule has 0 bridgehead atoms. The van der Waals surface area contributed by atoms with Crippen molar-refractivity contribution < 1.29 is 4.74 Å². The lowest BCUT2D eigenvalue weighted by Crippen LogP contribution is -2.36. The Bertz CT molecular complexity index is 261. The van der Waals surface area contributed by atoms with E-state index in [0.717, 1.165) is 12.8 Å². The topological polar surface area (TPSA) is 9.23 Å². The Kier molecular flexibility index (Phi) is 4.15. The van der Waals surface area contributed by atoms with E-state index in [0.29, 0.717) is 12.0 Å². The average molecular weight is 208 g/mol. The maximum Gasteiger partial charge on any atom is 0.0841 e. The van der Waals surface area contributed by atoms with Crippen molar-refractivity contribution in [3.05, 3.63) is 23.8 Å². The zero-order chi connectivity index (χ0) is 11.5. The molecule has 0 radical (unpaired) electrons. The second-order valence-corrected chi connectivity index (χ2v) is 5.17. The highest BCUT2D eigenvalue weighted by molar-refractivity contribution is 5.08. The maximum absolute atomic E-state index is 6.05. The second-order valence-electron chi connectivity index (χ2n) is 5.17. The Morgan fingerprint density at radius 1 is 1.40 bits per heavy atom. The van der Waals surface area contributed by atoms with E-state index in [1.165, 1.54) is 5.57 Å². The molecular weight excluding hydrogens is 184 g/mol. The SMILES string of the molecule is CC(C)=CCCC1(C)C=C[C@@H](C)[C@@H](C)O1. The van der Waals surface area contributed by atoms with Crippen LogP contribution in [-0.4, -0.2) is 11.7 Å². The fraction of sp³-hybridized carbons (Fsp3) is 0.714. The van der Waals surface area contributed by atoms with Gasteiger partial charge in [-0.1, -0.05) is 30.7 Å². The van der Waals surface area contributed by atoms with Gasteiger partial charge < -0.3 is 4.74 Å². The molecule has 0 saturated heterocycles. The minimum atomic E-state index is -0.0577. The molecule has 1 aliphatic rings. The highest BCUT2D eigenvalue weighted by Gasteiger charge is 2.29. The zero-order valence-corrected chi connectivity index (χ0v) is 10.7. The van der Waals surface area contributed by atoms with Gasteiger partial charge in [-0.25, -0.2) is 0 Å². The van der Waals surface area contributed by atoms with Crippen LogP contribution in [0.4, 0.5) is 0 Å². The Morgan fingerprint density at radius 2 is 2.07 bits per heavy atom. The van der Waals surface area contributed by atoms with E-state index in [1.54, 1.807) is 0 Å². The zero-order valence-electron chi connectivity index (χ0n) is 10.7. The molecular formula is C14H24O. The average Bonchev–Trinajstić information content (AvgIpc) is 2.11. The van der Waals surface area contributed by atoms with Gasteiger partial charge in [0.05, 0.1) is 11.7 Å². The summed E-state index contributed by atoms with van der Waals surface area (Å²) in [5.41, 5.74) is 1.33. The van der Waals surface area contributed by atoms with E-state index in [2.05, 4.69) is 52.8 Å². The lowest BCUT2D eigenvalue weighted by Gasteiger charge is -2.36. The highest BCUT2D eigenvalue weighted by atomic mass is 16.5. The molecule has 86 valence electrons. The first-order chi connectivity index (χ1) is 6.93. The molecule has 0 N–H and O–H groups in total. The van der Waals surface area contributed by atoms with Gasteiger partial charge in [-0.05, 0) is 40.5 Å². The normalized spacial score (nSPS) is 35.3. The monoisotopic (exact) mass is 208 g/mol. The number of hydrogen-bond acceptors (Lipinski definition) is 1. The summed E-state index contributed by atoms with van der Waals surface area (Å²) in [5.74, 6) is 0.543. The van der Waals surface area contributed by atoms with Gasteiger partial charge in [0.25, 0.3) is 0 Å². The number of rotatable bonds is 3. The van der Waals surface area contributed by atoms with E-state index in [9.17, 15) is 0 Å². The summed E-state index contributed by atoms with van der Waals surface area (Å²) in [6.07, 6.45) is 9.32. The van der Waals surface area contributed by atoms with Crippen molar-refractivity contribution >= 4 is 0 Å². The summed E-state index contributed by atoms with van der Waals surface area (Å²) >= 11 is 0. The Morgan fingerprint density at radius 3 is 2.60 bits per heavy atom. The lowest BCUT2D eigenvalue weighted by molar-refractivity contribution is -0.0725. The summed E-state index contributed by atoms with van der Waals surface area (Å²) in [5, 5.41) is 0. The minimum absolute atomic E-state index is 0.0577. The first-order valence-corrected chi connectivity index (χ1v) is 5.93. The third-order valence-electron chi connectivity index (χ3n) is 3.14. The molecule has 0 saturated carbocycles. The predicted octanol–water partition coefficient (Wildman–Crippen LogP) is 4.10. The van der Waals surface area contributed by atoms with Crippen LogP contribution in [0.5, 0.6) is 0 Å². The van der Waals surface area contributed by atoms with Crippen molar-refractivity contribution in [2.75, 3.05) is 0 Å². The molecule has 1 nitrogen and oxygen atoms in total. The Hall–Kier alpha value is -0.560. The fourth-order valence-electron chi connectivity index (χ4n) is 1.87. The third-order valence-corrected chi connectivity index (χ3v) is 3.14. The number of allylic oxidation sites excluding steroid dienone is 2. The molecule has 1 rings (SSSR count). The smallest absolute Gasteiger partial charge is 0.0841 e. The van der Waals surface area contributed by atoms with Crippen molar-refractivity contribution in [1.29, 1.82) is 0 Å². The lowest BCUT2D eigenvalue weighted by atomic mass is 9.91. The quantitative estimate of drug-likeness (QED) is 0.634. The van der Waals surface area contributed by atoms with Crippen LogP contribution in [0.2, 0.25) is 0 Å². The van der Waals surface area contributed by atoms with Gasteiger partial charge in [-0.3, -0.25) is 0 Å². The van der Waals surface area contributed by atoms with Crippen molar-refractivity contribution in [2.45, 2.75) is 59.2 Å². The van der Waals surface area contributed by atoms with E-state index < -0.39 is 0 Å². The van der Waals surface area contributed by atoms with Gasteiger partial charge in [0.2, 0.25) is 0 Å². The Balaban J connectivity index is 2.53. The molecule has 0 spiro atoms. The standard InChI is InChI=1S/C14H24O/c1-11(2)7-6-9-14(5)10-8-12(3)13(4)15-14/h7-8,10,12-13H,6,9H2,1-5H3/t12-,13-,14?/m1/s1. The molecule has 0 amide bonds. The van der Waals surface area contributed by atoms with Gasteiger partial charge in [0.1, 0.15) is 0 Å². The number of ether oxygens (including phenoxy) is 1. The van der Waals surface area contributed by atoms with Crippen LogP contribution in [0, 0.1) is 5.92 Å². The molecule has 1 unspecified atom stereocenters. The first kappa shape index (κ1) is 12.5. The molecule has 0 aromatic rings. The predicted molar refractivity (Wildman–Crippen MR) is 65.9 cm³/mol. The molecule has 0 fully saturated rings. The van der Waals surface area contributed by atoms with Crippen molar-refractivity contribution in [1.82, 2.24) is 0 Å². The molecule has 0 aromatic heterocycles.